The molecule has 0 bridgehead atoms. The Morgan fingerprint density at radius 2 is 1.80 bits per heavy atom. The summed E-state index contributed by atoms with van der Waals surface area (Å²) in [5.74, 6) is -1.93. The average molecular weight is 481 g/mol. The number of nitrogens with one attached hydrogen (secondary N) is 1. The van der Waals surface area contributed by atoms with Crippen molar-refractivity contribution in [1.29, 1.82) is 0 Å². The zero-order chi connectivity index (χ0) is 22.1. The zero-order valence-corrected chi connectivity index (χ0v) is 17.8. The van der Waals surface area contributed by atoms with Crippen molar-refractivity contribution in [2.45, 2.75) is 30.5 Å². The lowest BCUT2D eigenvalue weighted by Gasteiger charge is -2.29. The van der Waals surface area contributed by atoms with Crippen molar-refractivity contribution >= 4 is 39.1 Å². The van der Waals surface area contributed by atoms with Gasteiger partial charge in [-0.1, -0.05) is 35.3 Å². The van der Waals surface area contributed by atoms with E-state index in [0.29, 0.717) is 26.9 Å². The molecule has 1 aliphatic rings. The molecule has 0 aromatic heterocycles. The molecule has 0 atom stereocenters. The monoisotopic (exact) mass is 480 g/mol. The summed E-state index contributed by atoms with van der Waals surface area (Å²) in [5, 5.41) is 0.762. The van der Waals surface area contributed by atoms with Crippen LogP contribution in [0.4, 0.5) is 13.2 Å². The summed E-state index contributed by atoms with van der Waals surface area (Å²) in [4.78, 5) is 12.1. The molecule has 0 unspecified atom stereocenters. The molecule has 0 saturated heterocycles. The van der Waals surface area contributed by atoms with Crippen molar-refractivity contribution in [3.63, 3.8) is 0 Å². The largest absolute Gasteiger partial charge is 0.471 e. The molecule has 11 heteroatoms. The van der Waals surface area contributed by atoms with Gasteiger partial charge in [-0.2, -0.15) is 13.2 Å². The fourth-order valence-corrected chi connectivity index (χ4v) is 4.56. The van der Waals surface area contributed by atoms with Gasteiger partial charge in [0.15, 0.2) is 0 Å². The maximum atomic E-state index is 12.7. The normalized spacial score (nSPS) is 14.5. The first kappa shape index (κ1) is 22.9. The van der Waals surface area contributed by atoms with Crippen LogP contribution in [-0.4, -0.2) is 38.5 Å². The zero-order valence-electron chi connectivity index (χ0n) is 15.5. The number of carbonyl (C=O) groups excluding carboxylic acids is 1. The summed E-state index contributed by atoms with van der Waals surface area (Å²) in [5.41, 5.74) is 1.89. The van der Waals surface area contributed by atoms with E-state index < -0.39 is 22.1 Å². The number of sulfonamides is 1. The Morgan fingerprint density at radius 3 is 2.47 bits per heavy atom. The van der Waals surface area contributed by atoms with Gasteiger partial charge in [0, 0.05) is 19.6 Å². The van der Waals surface area contributed by atoms with E-state index in [9.17, 15) is 26.4 Å². The molecule has 0 saturated carbocycles. The Bertz CT molecular complexity index is 1080. The molecule has 0 fully saturated rings. The first-order valence-corrected chi connectivity index (χ1v) is 11.1. The number of hydrogen-bond donors (Lipinski definition) is 1. The van der Waals surface area contributed by atoms with Crippen molar-refractivity contribution in [2.24, 2.45) is 0 Å². The number of carbonyl (C=O) groups is 1. The van der Waals surface area contributed by atoms with Gasteiger partial charge >= 0.3 is 12.1 Å². The molecule has 0 aliphatic carbocycles. The minimum absolute atomic E-state index is 0.0701. The van der Waals surface area contributed by atoms with Crippen LogP contribution >= 0.6 is 23.2 Å². The van der Waals surface area contributed by atoms with Crippen molar-refractivity contribution < 1.29 is 26.4 Å². The Morgan fingerprint density at radius 1 is 1.07 bits per heavy atom. The van der Waals surface area contributed by atoms with Crippen molar-refractivity contribution in [2.75, 3.05) is 13.1 Å². The molecule has 1 aliphatic heterocycles. The molecule has 1 N–H and O–H groups in total. The second-order valence-electron chi connectivity index (χ2n) is 6.80. The van der Waals surface area contributed by atoms with E-state index in [-0.39, 0.29) is 31.0 Å². The quantitative estimate of drug-likeness (QED) is 0.704. The number of halogens is 5. The summed E-state index contributed by atoms with van der Waals surface area (Å²) < 4.78 is 65.7. The van der Waals surface area contributed by atoms with Crippen molar-refractivity contribution in [1.82, 2.24) is 9.62 Å². The number of hydrogen-bond acceptors (Lipinski definition) is 3. The van der Waals surface area contributed by atoms with Gasteiger partial charge in [-0.3, -0.25) is 4.79 Å². The molecular formula is C19H17Cl2F3N2O3S. The van der Waals surface area contributed by atoms with Crippen LogP contribution in [-0.2, 0) is 34.2 Å². The molecule has 5 nitrogen and oxygen atoms in total. The van der Waals surface area contributed by atoms with Gasteiger partial charge in [-0.05, 0) is 53.8 Å². The van der Waals surface area contributed by atoms with E-state index >= 15 is 0 Å². The van der Waals surface area contributed by atoms with Gasteiger partial charge in [0.1, 0.15) is 0 Å². The molecule has 3 rings (SSSR count). The van der Waals surface area contributed by atoms with Crippen LogP contribution in [0.25, 0.3) is 0 Å². The first-order valence-electron chi connectivity index (χ1n) is 8.89. The SMILES string of the molecule is O=C(N1CCc2ccc(S(=O)(=O)NCCc3ccc(Cl)c(Cl)c3)cc2C1)C(F)(F)F. The second kappa shape index (κ2) is 8.74. The van der Waals surface area contributed by atoms with Gasteiger partial charge < -0.3 is 4.90 Å². The van der Waals surface area contributed by atoms with Crippen LogP contribution in [0.15, 0.2) is 41.3 Å². The Balaban J connectivity index is 1.69. The molecule has 0 radical (unpaired) electrons. The number of alkyl halides is 3. The lowest BCUT2D eigenvalue weighted by atomic mass is 10.00. The Hall–Kier alpha value is -1.81. The van der Waals surface area contributed by atoms with E-state index in [1.807, 2.05) is 0 Å². The minimum Gasteiger partial charge on any atom is -0.330 e. The third-order valence-electron chi connectivity index (χ3n) is 4.72. The van der Waals surface area contributed by atoms with Crippen LogP contribution in [0, 0.1) is 0 Å². The van der Waals surface area contributed by atoms with E-state index in [1.54, 1.807) is 24.3 Å². The molecule has 2 aromatic rings. The third kappa shape index (κ3) is 5.26. The lowest BCUT2D eigenvalue weighted by molar-refractivity contribution is -0.186. The highest BCUT2D eigenvalue weighted by Gasteiger charge is 2.43. The fraction of sp³-hybridized carbons (Fsp3) is 0.316. The Labute approximate surface area is 181 Å². The van der Waals surface area contributed by atoms with Gasteiger partial charge in [-0.15, -0.1) is 0 Å². The number of fused-ring (bicyclic) bond motifs is 1. The number of benzene rings is 2. The summed E-state index contributed by atoms with van der Waals surface area (Å²) in [6.07, 6.45) is -4.37. The maximum Gasteiger partial charge on any atom is 0.471 e. The average Bonchev–Trinajstić information content (AvgIpc) is 2.68. The highest BCUT2D eigenvalue weighted by Crippen LogP contribution is 2.27. The van der Waals surface area contributed by atoms with Crippen LogP contribution in [0.1, 0.15) is 16.7 Å². The first-order chi connectivity index (χ1) is 14.0. The standard InChI is InChI=1S/C19H17Cl2F3N2O3S/c20-16-4-1-12(9-17(16)21)5-7-25-30(28,29)15-3-2-13-6-8-26(11-14(13)10-15)18(27)19(22,23)24/h1-4,9-10,25H,5-8,11H2. The summed E-state index contributed by atoms with van der Waals surface area (Å²) in [7, 11) is -3.88. The van der Waals surface area contributed by atoms with E-state index in [4.69, 9.17) is 23.2 Å². The van der Waals surface area contributed by atoms with Crippen LogP contribution < -0.4 is 4.72 Å². The van der Waals surface area contributed by atoms with Gasteiger partial charge in [0.05, 0.1) is 14.9 Å². The second-order valence-corrected chi connectivity index (χ2v) is 9.38. The number of rotatable bonds is 5. The van der Waals surface area contributed by atoms with E-state index in [0.717, 1.165) is 11.1 Å². The number of amides is 1. The Kier molecular flexibility index (Phi) is 6.66. The summed E-state index contributed by atoms with van der Waals surface area (Å²) in [6.45, 7) is -0.268. The summed E-state index contributed by atoms with van der Waals surface area (Å²) >= 11 is 11.8. The maximum absolute atomic E-state index is 12.7. The van der Waals surface area contributed by atoms with E-state index in [2.05, 4.69) is 4.72 Å². The highest BCUT2D eigenvalue weighted by atomic mass is 35.5. The molecule has 0 spiro atoms. The minimum atomic E-state index is -4.96. The van der Waals surface area contributed by atoms with E-state index in [1.165, 1.54) is 12.1 Å². The van der Waals surface area contributed by atoms with Crippen LogP contribution in [0.3, 0.4) is 0 Å². The van der Waals surface area contributed by atoms with Gasteiger partial charge in [-0.25, -0.2) is 13.1 Å². The third-order valence-corrected chi connectivity index (χ3v) is 6.92. The fourth-order valence-electron chi connectivity index (χ4n) is 3.16. The molecule has 30 heavy (non-hydrogen) atoms. The lowest BCUT2D eigenvalue weighted by Crippen LogP contribution is -2.43. The predicted molar refractivity (Wildman–Crippen MR) is 107 cm³/mol. The highest BCUT2D eigenvalue weighted by molar-refractivity contribution is 7.89. The van der Waals surface area contributed by atoms with Crippen LogP contribution in [0.2, 0.25) is 10.0 Å². The van der Waals surface area contributed by atoms with Crippen molar-refractivity contribution in [3.05, 3.63) is 63.1 Å². The molecule has 162 valence electrons. The molecular weight excluding hydrogens is 464 g/mol. The topological polar surface area (TPSA) is 66.5 Å². The van der Waals surface area contributed by atoms with Gasteiger partial charge in [0.25, 0.3) is 0 Å². The van der Waals surface area contributed by atoms with Crippen LogP contribution in [0.5, 0.6) is 0 Å². The molecule has 1 heterocycles. The molecule has 1 amide bonds. The van der Waals surface area contributed by atoms with Gasteiger partial charge in [0.2, 0.25) is 10.0 Å². The predicted octanol–water partition coefficient (Wildman–Crippen LogP) is 3.96. The summed E-state index contributed by atoms with van der Waals surface area (Å²) in [6, 6.07) is 9.27. The smallest absolute Gasteiger partial charge is 0.330 e. The molecule has 2 aromatic carbocycles. The van der Waals surface area contributed by atoms with Crippen molar-refractivity contribution in [3.8, 4) is 0 Å². The number of nitrogens with zero attached hydrogens (tertiary/aromatic N) is 1.